The molecule has 0 aromatic carbocycles. The van der Waals surface area contributed by atoms with Crippen LogP contribution in [-0.2, 0) is 0 Å². The molecular weight excluding hydrogens is 156 g/mol. The average Bonchev–Trinajstić information content (AvgIpc) is 1.61. The van der Waals surface area contributed by atoms with Crippen LogP contribution in [0.15, 0.2) is 10.7 Å². The largest absolute Gasteiger partial charge is 0.502 e. The molecule has 1 nitrogen and oxygen atoms in total. The quantitative estimate of drug-likeness (QED) is 0.623. The molecule has 2 heteroatoms. The minimum Gasteiger partial charge on any atom is -0.502 e. The van der Waals surface area contributed by atoms with Gasteiger partial charge in [0.15, 0.2) is 4.67 Å². The number of unbranched alkanes of at least 4 members (excludes halogenated alkanes) is 1. The van der Waals surface area contributed by atoms with Crippen molar-refractivity contribution in [2.24, 2.45) is 0 Å². The Balaban J connectivity index is 3.08. The van der Waals surface area contributed by atoms with E-state index in [9.17, 15) is 0 Å². The first-order valence-corrected chi connectivity index (χ1v) is 3.11. The maximum Gasteiger partial charge on any atom is 0.154 e. The molecule has 0 unspecified atom stereocenters. The molecule has 0 aromatic rings. The molecule has 0 aliphatic heterocycles. The van der Waals surface area contributed by atoms with Crippen LogP contribution in [0.3, 0.4) is 0 Å². The number of aliphatic hydroxyl groups excluding tert-OH is 1. The van der Waals surface area contributed by atoms with Gasteiger partial charge in [0, 0.05) is 0 Å². The van der Waals surface area contributed by atoms with E-state index >= 15 is 0 Å². The Morgan fingerprint density at radius 2 is 2.43 bits per heavy atom. The number of aliphatic hydroxyl groups is 1. The lowest BCUT2D eigenvalue weighted by Gasteiger charge is -1.82. The van der Waals surface area contributed by atoms with Gasteiger partial charge in [0.1, 0.15) is 0 Å². The fourth-order valence-electron chi connectivity index (χ4n) is 0.263. The Morgan fingerprint density at radius 1 is 1.86 bits per heavy atom. The van der Waals surface area contributed by atoms with Gasteiger partial charge >= 0.3 is 0 Å². The minimum atomic E-state index is 0.245. The molecule has 0 amide bonds. The third kappa shape index (κ3) is 6.02. The van der Waals surface area contributed by atoms with Crippen LogP contribution in [0.5, 0.6) is 0 Å². The first-order chi connectivity index (χ1) is 3.27. The minimum absolute atomic E-state index is 0.245. The number of halogens is 1. The van der Waals surface area contributed by atoms with Crippen molar-refractivity contribution in [1.29, 1.82) is 0 Å². The third-order valence-electron chi connectivity index (χ3n) is 0.601. The molecule has 0 aliphatic carbocycles. The molecule has 0 spiro atoms. The fraction of sp³-hybridized carbons (Fsp3) is 0.600. The smallest absolute Gasteiger partial charge is 0.154 e. The number of hydrogen-bond donors (Lipinski definition) is 1. The van der Waals surface area contributed by atoms with Crippen LogP contribution in [0.1, 0.15) is 19.8 Å². The summed E-state index contributed by atoms with van der Waals surface area (Å²) in [4.78, 5) is 0. The Kier molecular flexibility index (Phi) is 4.20. The SMILES string of the molecule is CCCC=C(O)Br. The molecule has 0 atom stereocenters. The van der Waals surface area contributed by atoms with E-state index in [4.69, 9.17) is 5.11 Å². The highest BCUT2D eigenvalue weighted by atomic mass is 79.9. The molecule has 0 radical (unpaired) electrons. The second-order valence-corrected chi connectivity index (χ2v) is 2.13. The van der Waals surface area contributed by atoms with Crippen molar-refractivity contribution < 1.29 is 5.11 Å². The summed E-state index contributed by atoms with van der Waals surface area (Å²) in [7, 11) is 0. The molecule has 0 saturated heterocycles. The summed E-state index contributed by atoms with van der Waals surface area (Å²) in [5.41, 5.74) is 0. The van der Waals surface area contributed by atoms with E-state index in [1.807, 2.05) is 0 Å². The molecule has 7 heavy (non-hydrogen) atoms. The van der Waals surface area contributed by atoms with E-state index < -0.39 is 0 Å². The van der Waals surface area contributed by atoms with E-state index in [0.29, 0.717) is 0 Å². The lowest BCUT2D eigenvalue weighted by molar-refractivity contribution is 0.457. The van der Waals surface area contributed by atoms with Gasteiger partial charge in [-0.3, -0.25) is 0 Å². The van der Waals surface area contributed by atoms with E-state index in [-0.39, 0.29) is 4.67 Å². The summed E-state index contributed by atoms with van der Waals surface area (Å²) < 4.78 is 0.245. The van der Waals surface area contributed by atoms with E-state index in [1.54, 1.807) is 6.08 Å². The zero-order valence-electron chi connectivity index (χ0n) is 4.32. The molecule has 0 bridgehead atoms. The molecule has 0 rings (SSSR count). The first kappa shape index (κ1) is 7.02. The van der Waals surface area contributed by atoms with Gasteiger partial charge in [-0.25, -0.2) is 0 Å². The molecular formula is C5H9BrO. The van der Waals surface area contributed by atoms with Crippen LogP contribution in [-0.4, -0.2) is 5.11 Å². The number of rotatable bonds is 2. The molecule has 0 fully saturated rings. The summed E-state index contributed by atoms with van der Waals surface area (Å²) in [6.07, 6.45) is 3.76. The fourth-order valence-corrected chi connectivity index (χ4v) is 0.492. The predicted molar refractivity (Wildman–Crippen MR) is 34.5 cm³/mol. The Morgan fingerprint density at radius 3 is 2.57 bits per heavy atom. The second-order valence-electron chi connectivity index (χ2n) is 1.32. The highest BCUT2D eigenvalue weighted by Gasteiger charge is 1.77. The first-order valence-electron chi connectivity index (χ1n) is 2.32. The summed E-state index contributed by atoms with van der Waals surface area (Å²) in [6, 6.07) is 0. The van der Waals surface area contributed by atoms with Gasteiger partial charge in [-0.2, -0.15) is 0 Å². The van der Waals surface area contributed by atoms with Gasteiger partial charge in [0.2, 0.25) is 0 Å². The Bertz CT molecular complexity index is 64.5. The van der Waals surface area contributed by atoms with Crippen molar-refractivity contribution in [2.45, 2.75) is 19.8 Å². The lowest BCUT2D eigenvalue weighted by atomic mass is 10.3. The van der Waals surface area contributed by atoms with Crippen molar-refractivity contribution in [3.63, 3.8) is 0 Å². The molecule has 0 aromatic heterocycles. The summed E-state index contributed by atoms with van der Waals surface area (Å²) in [5, 5.41) is 8.46. The highest BCUT2D eigenvalue weighted by Crippen LogP contribution is 2.00. The van der Waals surface area contributed by atoms with Crippen molar-refractivity contribution in [3.05, 3.63) is 10.7 Å². The van der Waals surface area contributed by atoms with Crippen molar-refractivity contribution in [1.82, 2.24) is 0 Å². The maximum absolute atomic E-state index is 8.46. The Hall–Kier alpha value is 0.0200. The van der Waals surface area contributed by atoms with Gasteiger partial charge < -0.3 is 5.11 Å². The second kappa shape index (κ2) is 4.19. The van der Waals surface area contributed by atoms with Crippen molar-refractivity contribution >= 4 is 15.9 Å². The average molecular weight is 165 g/mol. The molecule has 0 heterocycles. The predicted octanol–water partition coefficient (Wildman–Crippen LogP) is 2.58. The zero-order chi connectivity index (χ0) is 5.70. The van der Waals surface area contributed by atoms with Crippen LogP contribution in [0.25, 0.3) is 0 Å². The van der Waals surface area contributed by atoms with Gasteiger partial charge in [-0.15, -0.1) is 0 Å². The summed E-state index contributed by atoms with van der Waals surface area (Å²) >= 11 is 2.89. The third-order valence-corrected chi connectivity index (χ3v) is 0.925. The van der Waals surface area contributed by atoms with Gasteiger partial charge in [0.05, 0.1) is 0 Å². The van der Waals surface area contributed by atoms with Crippen LogP contribution in [0.4, 0.5) is 0 Å². The topological polar surface area (TPSA) is 20.2 Å². The van der Waals surface area contributed by atoms with E-state index in [2.05, 4.69) is 22.9 Å². The number of hydrogen-bond acceptors (Lipinski definition) is 1. The van der Waals surface area contributed by atoms with Crippen molar-refractivity contribution in [3.8, 4) is 0 Å². The van der Waals surface area contributed by atoms with Gasteiger partial charge in [0.25, 0.3) is 0 Å². The van der Waals surface area contributed by atoms with E-state index in [0.717, 1.165) is 12.8 Å². The van der Waals surface area contributed by atoms with Crippen molar-refractivity contribution in [2.75, 3.05) is 0 Å². The maximum atomic E-state index is 8.46. The molecule has 0 saturated carbocycles. The molecule has 0 aliphatic rings. The van der Waals surface area contributed by atoms with Crippen LogP contribution in [0.2, 0.25) is 0 Å². The van der Waals surface area contributed by atoms with Crippen LogP contribution >= 0.6 is 15.9 Å². The highest BCUT2D eigenvalue weighted by molar-refractivity contribution is 9.11. The normalized spacial score (nSPS) is 12.0. The summed E-state index contributed by atoms with van der Waals surface area (Å²) in [6.45, 7) is 2.06. The lowest BCUT2D eigenvalue weighted by Crippen LogP contribution is -1.64. The number of allylic oxidation sites excluding steroid dienone is 1. The van der Waals surface area contributed by atoms with Crippen LogP contribution < -0.4 is 0 Å². The Labute approximate surface area is 52.2 Å². The summed E-state index contributed by atoms with van der Waals surface area (Å²) in [5.74, 6) is 0. The van der Waals surface area contributed by atoms with Gasteiger partial charge in [-0.1, -0.05) is 13.3 Å². The zero-order valence-corrected chi connectivity index (χ0v) is 5.90. The molecule has 1 N–H and O–H groups in total. The monoisotopic (exact) mass is 164 g/mol. The molecule has 42 valence electrons. The standard InChI is InChI=1S/C5H9BrO/c1-2-3-4-5(6)7/h4,7H,2-3H2,1H3. The van der Waals surface area contributed by atoms with Gasteiger partial charge in [-0.05, 0) is 28.4 Å². The van der Waals surface area contributed by atoms with E-state index in [1.165, 1.54) is 0 Å². The van der Waals surface area contributed by atoms with Crippen LogP contribution in [0, 0.1) is 0 Å².